The van der Waals surface area contributed by atoms with Gasteiger partial charge in [-0.3, -0.25) is 4.79 Å². The van der Waals surface area contributed by atoms with Crippen molar-refractivity contribution in [2.45, 2.75) is 26.0 Å². The van der Waals surface area contributed by atoms with Crippen LogP contribution < -0.4 is 5.73 Å². The topological polar surface area (TPSA) is 83.6 Å². The van der Waals surface area contributed by atoms with Crippen molar-refractivity contribution in [2.24, 2.45) is 11.7 Å². The summed E-state index contributed by atoms with van der Waals surface area (Å²) >= 11 is 0. The number of hydrogen-bond donors (Lipinski definition) is 3. The molecule has 4 heteroatoms. The van der Waals surface area contributed by atoms with Crippen molar-refractivity contribution in [3.63, 3.8) is 0 Å². The lowest BCUT2D eigenvalue weighted by Gasteiger charge is -2.17. The first kappa shape index (κ1) is 9.39. The van der Waals surface area contributed by atoms with E-state index in [2.05, 4.69) is 0 Å². The van der Waals surface area contributed by atoms with Crippen molar-refractivity contribution in [1.82, 2.24) is 0 Å². The predicted molar refractivity (Wildman–Crippen MR) is 36.5 cm³/mol. The maximum atomic E-state index is 10.2. The average molecular weight is 147 g/mol. The number of nitrogens with two attached hydrogens (primary N) is 1. The van der Waals surface area contributed by atoms with E-state index in [9.17, 15) is 4.79 Å². The van der Waals surface area contributed by atoms with Crippen molar-refractivity contribution < 1.29 is 15.0 Å². The lowest BCUT2D eigenvalue weighted by molar-refractivity contribution is -0.140. The van der Waals surface area contributed by atoms with Gasteiger partial charge >= 0.3 is 5.97 Å². The van der Waals surface area contributed by atoms with Gasteiger partial charge in [-0.2, -0.15) is 0 Å². The van der Waals surface area contributed by atoms with Crippen LogP contribution in [0.5, 0.6) is 0 Å². The second-order valence-electron chi connectivity index (χ2n) is 2.46. The number of aliphatic carboxylic acids is 1. The van der Waals surface area contributed by atoms with Gasteiger partial charge in [0.1, 0.15) is 6.04 Å². The van der Waals surface area contributed by atoms with Gasteiger partial charge in [0.05, 0.1) is 6.10 Å². The second-order valence-corrected chi connectivity index (χ2v) is 2.46. The van der Waals surface area contributed by atoms with Crippen LogP contribution in [0.2, 0.25) is 0 Å². The third-order valence-corrected chi connectivity index (χ3v) is 1.61. The van der Waals surface area contributed by atoms with Gasteiger partial charge in [0, 0.05) is 5.92 Å². The maximum absolute atomic E-state index is 10.2. The Kier molecular flexibility index (Phi) is 3.32. The van der Waals surface area contributed by atoms with Crippen LogP contribution in [0.4, 0.5) is 0 Å². The molecule has 10 heavy (non-hydrogen) atoms. The first-order valence-electron chi connectivity index (χ1n) is 3.13. The van der Waals surface area contributed by atoms with Crippen LogP contribution in [0.1, 0.15) is 13.8 Å². The van der Waals surface area contributed by atoms with E-state index in [1.54, 1.807) is 6.92 Å². The van der Waals surface area contributed by atoms with E-state index in [-0.39, 0.29) is 0 Å². The van der Waals surface area contributed by atoms with E-state index in [1.807, 2.05) is 0 Å². The third kappa shape index (κ3) is 2.33. The highest BCUT2D eigenvalue weighted by atomic mass is 16.4. The molecule has 0 aliphatic carbocycles. The molecule has 4 N–H and O–H groups in total. The molecule has 0 aliphatic heterocycles. The summed E-state index contributed by atoms with van der Waals surface area (Å²) in [4.78, 5) is 10.2. The quantitative estimate of drug-likeness (QED) is 0.498. The molecule has 0 aromatic heterocycles. The van der Waals surface area contributed by atoms with Gasteiger partial charge in [0.2, 0.25) is 0 Å². The van der Waals surface area contributed by atoms with E-state index in [0.717, 1.165) is 0 Å². The first-order valence-corrected chi connectivity index (χ1v) is 3.13. The molecule has 2 unspecified atom stereocenters. The van der Waals surface area contributed by atoms with Crippen molar-refractivity contribution in [3.05, 3.63) is 0 Å². The van der Waals surface area contributed by atoms with Gasteiger partial charge in [-0.15, -0.1) is 0 Å². The van der Waals surface area contributed by atoms with Crippen LogP contribution in [-0.4, -0.2) is 28.3 Å². The number of carbonyl (C=O) groups is 1. The first-order chi connectivity index (χ1) is 4.46. The summed E-state index contributed by atoms with van der Waals surface area (Å²) in [5, 5.41) is 17.3. The lowest BCUT2D eigenvalue weighted by Crippen LogP contribution is -2.41. The number of aliphatic hydroxyl groups excluding tert-OH is 1. The molecular formula is C6H13NO3. The van der Waals surface area contributed by atoms with Crippen LogP contribution >= 0.6 is 0 Å². The molecule has 0 fully saturated rings. The molecule has 60 valence electrons. The van der Waals surface area contributed by atoms with Crippen LogP contribution in [0.15, 0.2) is 0 Å². The zero-order valence-corrected chi connectivity index (χ0v) is 6.11. The van der Waals surface area contributed by atoms with Crippen molar-refractivity contribution >= 4 is 5.97 Å². The third-order valence-electron chi connectivity index (χ3n) is 1.61. The SMILES string of the molecule is CC(C(N)C(=O)O)[C@H](C)O. The summed E-state index contributed by atoms with van der Waals surface area (Å²) in [6.45, 7) is 3.12. The lowest BCUT2D eigenvalue weighted by atomic mass is 9.98. The minimum absolute atomic E-state index is 0.405. The standard InChI is InChI=1S/C6H13NO3/c1-3(4(2)8)5(7)6(9)10/h3-5,8H,7H2,1-2H3,(H,9,10)/t3?,4-,5?/m0/s1. The Morgan fingerprint density at radius 2 is 1.90 bits per heavy atom. The van der Waals surface area contributed by atoms with E-state index in [4.69, 9.17) is 15.9 Å². The summed E-state index contributed by atoms with van der Waals surface area (Å²) < 4.78 is 0. The smallest absolute Gasteiger partial charge is 0.320 e. The van der Waals surface area contributed by atoms with E-state index >= 15 is 0 Å². The van der Waals surface area contributed by atoms with Crippen molar-refractivity contribution in [2.75, 3.05) is 0 Å². The van der Waals surface area contributed by atoms with Crippen molar-refractivity contribution in [3.8, 4) is 0 Å². The van der Waals surface area contributed by atoms with Gasteiger partial charge in [-0.25, -0.2) is 0 Å². The molecule has 0 aliphatic rings. The zero-order chi connectivity index (χ0) is 8.31. The number of rotatable bonds is 3. The fourth-order valence-electron chi connectivity index (χ4n) is 0.525. The highest BCUT2D eigenvalue weighted by Crippen LogP contribution is 2.05. The summed E-state index contributed by atoms with van der Waals surface area (Å²) in [5.41, 5.74) is 5.20. The second kappa shape index (κ2) is 3.53. The van der Waals surface area contributed by atoms with Gasteiger partial charge < -0.3 is 15.9 Å². The highest BCUT2D eigenvalue weighted by molar-refractivity contribution is 5.73. The molecule has 0 bridgehead atoms. The molecule has 0 saturated carbocycles. The maximum Gasteiger partial charge on any atom is 0.320 e. The van der Waals surface area contributed by atoms with Crippen LogP contribution in [0.25, 0.3) is 0 Å². The molecule has 3 atom stereocenters. The zero-order valence-electron chi connectivity index (χ0n) is 6.11. The predicted octanol–water partition coefficient (Wildman–Crippen LogP) is -0.585. The molecule has 0 rings (SSSR count). The largest absolute Gasteiger partial charge is 0.480 e. The van der Waals surface area contributed by atoms with Gasteiger partial charge in [-0.1, -0.05) is 6.92 Å². The fraction of sp³-hybridized carbons (Fsp3) is 0.833. The Bertz CT molecular complexity index is 124. The summed E-state index contributed by atoms with van der Waals surface area (Å²) in [6.07, 6.45) is -0.675. The Balaban J connectivity index is 3.94. The van der Waals surface area contributed by atoms with Crippen LogP contribution in [0, 0.1) is 5.92 Å². The number of hydrogen-bond acceptors (Lipinski definition) is 3. The Labute approximate surface area is 59.7 Å². The molecular weight excluding hydrogens is 134 g/mol. The van der Waals surface area contributed by atoms with Gasteiger partial charge in [0.25, 0.3) is 0 Å². The fourth-order valence-corrected chi connectivity index (χ4v) is 0.525. The van der Waals surface area contributed by atoms with E-state index in [0.29, 0.717) is 0 Å². The average Bonchev–Trinajstić information content (AvgIpc) is 1.84. The molecule has 0 amide bonds. The minimum Gasteiger partial charge on any atom is -0.480 e. The number of aliphatic hydroxyl groups is 1. The van der Waals surface area contributed by atoms with Gasteiger partial charge in [0.15, 0.2) is 0 Å². The summed E-state index contributed by atoms with van der Waals surface area (Å²) in [6, 6.07) is -0.972. The summed E-state index contributed by atoms with van der Waals surface area (Å²) in [5.74, 6) is -1.48. The molecule has 4 nitrogen and oxygen atoms in total. The molecule has 0 saturated heterocycles. The van der Waals surface area contributed by atoms with Crippen LogP contribution in [0.3, 0.4) is 0 Å². The Hall–Kier alpha value is -0.610. The normalized spacial score (nSPS) is 19.6. The monoisotopic (exact) mass is 147 g/mol. The Morgan fingerprint density at radius 3 is 2.00 bits per heavy atom. The number of carboxylic acid groups (broad SMARTS) is 1. The molecule has 0 spiro atoms. The summed E-state index contributed by atoms with van der Waals surface area (Å²) in [7, 11) is 0. The minimum atomic E-state index is -1.08. The number of carboxylic acids is 1. The highest BCUT2D eigenvalue weighted by Gasteiger charge is 2.23. The van der Waals surface area contributed by atoms with Crippen molar-refractivity contribution in [1.29, 1.82) is 0 Å². The van der Waals surface area contributed by atoms with Gasteiger partial charge in [-0.05, 0) is 6.92 Å². The Morgan fingerprint density at radius 1 is 1.50 bits per heavy atom. The molecule has 0 radical (unpaired) electrons. The molecule has 0 aromatic carbocycles. The van der Waals surface area contributed by atoms with Crippen LogP contribution in [-0.2, 0) is 4.79 Å². The van der Waals surface area contributed by atoms with E-state index in [1.165, 1.54) is 6.92 Å². The molecule has 0 aromatic rings. The van der Waals surface area contributed by atoms with E-state index < -0.39 is 24.0 Å². The molecule has 0 heterocycles.